The van der Waals surface area contributed by atoms with E-state index in [1.807, 2.05) is 19.9 Å². The van der Waals surface area contributed by atoms with Crippen LogP contribution in [0.5, 0.6) is 0 Å². The van der Waals surface area contributed by atoms with Crippen molar-refractivity contribution in [3.63, 3.8) is 0 Å². The maximum Gasteiger partial charge on any atom is 0.305 e. The van der Waals surface area contributed by atoms with Crippen LogP contribution in [0.2, 0.25) is 0 Å². The maximum absolute atomic E-state index is 12.6. The highest BCUT2D eigenvalue weighted by atomic mass is 32.2. The van der Waals surface area contributed by atoms with E-state index in [0.717, 1.165) is 24.0 Å². The van der Waals surface area contributed by atoms with Crippen molar-refractivity contribution >= 4 is 27.6 Å². The predicted octanol–water partition coefficient (Wildman–Crippen LogP) is 3.57. The third-order valence-electron chi connectivity index (χ3n) is 4.85. The van der Waals surface area contributed by atoms with Gasteiger partial charge in [-0.1, -0.05) is 18.6 Å². The second-order valence-corrected chi connectivity index (χ2v) is 8.70. The number of hydrogen-bond acceptors (Lipinski definition) is 5. The zero-order valence-corrected chi connectivity index (χ0v) is 18.3. The van der Waals surface area contributed by atoms with Gasteiger partial charge in [0.15, 0.2) is 0 Å². The number of ether oxygens (including phenoxy) is 1. The van der Waals surface area contributed by atoms with Crippen LogP contribution in [0, 0.1) is 13.8 Å². The van der Waals surface area contributed by atoms with Crippen molar-refractivity contribution in [3.8, 4) is 0 Å². The summed E-state index contributed by atoms with van der Waals surface area (Å²) in [5.41, 5.74) is 2.77. The molecule has 0 bridgehead atoms. The molecule has 162 valence electrons. The monoisotopic (exact) mass is 432 g/mol. The summed E-state index contributed by atoms with van der Waals surface area (Å²) in [6.07, 6.45) is 2.63. The highest BCUT2D eigenvalue weighted by Crippen LogP contribution is 2.22. The van der Waals surface area contributed by atoms with Crippen molar-refractivity contribution in [2.75, 3.05) is 18.4 Å². The summed E-state index contributed by atoms with van der Waals surface area (Å²) in [5.74, 6) is -0.504. The van der Waals surface area contributed by atoms with Gasteiger partial charge in [0, 0.05) is 18.5 Å². The Morgan fingerprint density at radius 1 is 0.967 bits per heavy atom. The molecule has 7 nitrogen and oxygen atoms in total. The van der Waals surface area contributed by atoms with Crippen LogP contribution in [-0.4, -0.2) is 33.9 Å². The lowest BCUT2D eigenvalue weighted by Crippen LogP contribution is -2.24. The van der Waals surface area contributed by atoms with Crippen molar-refractivity contribution in [1.82, 2.24) is 5.32 Å². The van der Waals surface area contributed by atoms with E-state index in [1.165, 1.54) is 31.4 Å². The first-order chi connectivity index (χ1) is 14.2. The molecule has 2 aromatic rings. The van der Waals surface area contributed by atoms with Gasteiger partial charge in [0.2, 0.25) is 0 Å². The first-order valence-corrected chi connectivity index (χ1v) is 11.3. The number of carbonyl (C=O) groups excluding carboxylic acids is 2. The third kappa shape index (κ3) is 6.59. The zero-order valence-electron chi connectivity index (χ0n) is 17.5. The van der Waals surface area contributed by atoms with Crippen LogP contribution in [0.1, 0.15) is 47.2 Å². The second-order valence-electron chi connectivity index (χ2n) is 7.02. The van der Waals surface area contributed by atoms with Crippen LogP contribution in [-0.2, 0) is 19.6 Å². The molecule has 30 heavy (non-hydrogen) atoms. The number of hydrogen-bond donors (Lipinski definition) is 2. The topological polar surface area (TPSA) is 102 Å². The lowest BCUT2D eigenvalue weighted by molar-refractivity contribution is -0.140. The molecule has 2 rings (SSSR count). The van der Waals surface area contributed by atoms with Gasteiger partial charge >= 0.3 is 5.97 Å². The summed E-state index contributed by atoms with van der Waals surface area (Å²) in [5, 5.41) is 2.79. The summed E-state index contributed by atoms with van der Waals surface area (Å²) < 4.78 is 32.5. The van der Waals surface area contributed by atoms with Crippen molar-refractivity contribution < 1.29 is 22.7 Å². The van der Waals surface area contributed by atoms with E-state index in [1.54, 1.807) is 12.1 Å². The van der Waals surface area contributed by atoms with E-state index >= 15 is 0 Å². The Kier molecular flexibility index (Phi) is 8.41. The molecule has 0 unspecified atom stereocenters. The number of nitrogens with one attached hydrogen (secondary N) is 2. The van der Waals surface area contributed by atoms with Gasteiger partial charge in [0.05, 0.1) is 17.7 Å². The van der Waals surface area contributed by atoms with Crippen LogP contribution in [0.3, 0.4) is 0 Å². The molecule has 0 atom stereocenters. The van der Waals surface area contributed by atoms with Gasteiger partial charge in [-0.05, 0) is 68.1 Å². The number of carbonyl (C=O) groups is 2. The Bertz CT molecular complexity index is 985. The molecular formula is C22H28N2O5S. The van der Waals surface area contributed by atoms with E-state index in [0.29, 0.717) is 30.6 Å². The molecule has 2 aromatic carbocycles. The lowest BCUT2D eigenvalue weighted by Gasteiger charge is -2.12. The smallest absolute Gasteiger partial charge is 0.305 e. The van der Waals surface area contributed by atoms with Crippen molar-refractivity contribution in [1.29, 1.82) is 0 Å². The van der Waals surface area contributed by atoms with Crippen LogP contribution < -0.4 is 10.0 Å². The molecule has 0 spiro atoms. The Labute approximate surface area is 177 Å². The first-order valence-electron chi connectivity index (χ1n) is 9.78. The number of benzene rings is 2. The predicted molar refractivity (Wildman–Crippen MR) is 116 cm³/mol. The summed E-state index contributed by atoms with van der Waals surface area (Å²) in [6, 6.07) is 11.2. The molecule has 2 N–H and O–H groups in total. The molecule has 0 saturated carbocycles. The molecule has 0 fully saturated rings. The van der Waals surface area contributed by atoms with Gasteiger partial charge in [0.1, 0.15) is 0 Å². The van der Waals surface area contributed by atoms with Crippen LogP contribution in [0.15, 0.2) is 47.4 Å². The van der Waals surface area contributed by atoms with Gasteiger partial charge in [0.25, 0.3) is 15.9 Å². The van der Waals surface area contributed by atoms with Gasteiger partial charge in [-0.25, -0.2) is 8.42 Å². The Morgan fingerprint density at radius 3 is 2.33 bits per heavy atom. The zero-order chi connectivity index (χ0) is 22.1. The number of amides is 1. The van der Waals surface area contributed by atoms with E-state index < -0.39 is 10.0 Å². The SMILES string of the molecule is COC(=O)CCCCCNC(=O)c1ccc(S(=O)(=O)Nc2cccc(C)c2C)cc1. The molecule has 0 heterocycles. The number of methoxy groups -OCH3 is 1. The van der Waals surface area contributed by atoms with Crippen molar-refractivity contribution in [2.45, 2.75) is 44.4 Å². The van der Waals surface area contributed by atoms with Gasteiger partial charge in [-0.15, -0.1) is 0 Å². The molecule has 0 aromatic heterocycles. The van der Waals surface area contributed by atoms with Crippen LogP contribution in [0.4, 0.5) is 5.69 Å². The minimum absolute atomic E-state index is 0.0859. The average molecular weight is 433 g/mol. The van der Waals surface area contributed by atoms with Crippen molar-refractivity contribution in [3.05, 3.63) is 59.2 Å². The minimum Gasteiger partial charge on any atom is -0.469 e. The fourth-order valence-electron chi connectivity index (χ4n) is 2.83. The van der Waals surface area contributed by atoms with Gasteiger partial charge in [-0.3, -0.25) is 14.3 Å². The Balaban J connectivity index is 1.89. The number of aryl methyl sites for hydroxylation is 1. The number of esters is 1. The second kappa shape index (κ2) is 10.8. The minimum atomic E-state index is -3.75. The largest absolute Gasteiger partial charge is 0.469 e. The highest BCUT2D eigenvalue weighted by molar-refractivity contribution is 7.92. The Hall–Kier alpha value is -2.87. The van der Waals surface area contributed by atoms with Gasteiger partial charge < -0.3 is 10.1 Å². The van der Waals surface area contributed by atoms with Gasteiger partial charge in [-0.2, -0.15) is 0 Å². The molecule has 1 amide bonds. The number of unbranched alkanes of at least 4 members (excludes halogenated alkanes) is 2. The molecule has 0 saturated heterocycles. The molecule has 0 aliphatic heterocycles. The number of anilines is 1. The maximum atomic E-state index is 12.6. The van der Waals surface area contributed by atoms with E-state index in [9.17, 15) is 18.0 Å². The van der Waals surface area contributed by atoms with E-state index in [4.69, 9.17) is 0 Å². The standard InChI is InChI=1S/C22H28N2O5S/c1-16-8-7-9-20(17(16)2)24-30(27,28)19-13-11-18(12-14-19)22(26)23-15-6-4-5-10-21(25)29-3/h7-9,11-14,24H,4-6,10,15H2,1-3H3,(H,23,26). The third-order valence-corrected chi connectivity index (χ3v) is 6.23. The fraction of sp³-hybridized carbons (Fsp3) is 0.364. The van der Waals surface area contributed by atoms with E-state index in [-0.39, 0.29) is 16.8 Å². The molecule has 0 aliphatic rings. The van der Waals surface area contributed by atoms with Crippen LogP contribution in [0.25, 0.3) is 0 Å². The quantitative estimate of drug-likeness (QED) is 0.441. The summed E-state index contributed by atoms with van der Waals surface area (Å²) in [4.78, 5) is 23.3. The van der Waals surface area contributed by atoms with Crippen LogP contribution >= 0.6 is 0 Å². The number of rotatable bonds is 10. The summed E-state index contributed by atoms with van der Waals surface area (Å²) in [7, 11) is -2.39. The summed E-state index contributed by atoms with van der Waals surface area (Å²) >= 11 is 0. The molecule has 0 radical (unpaired) electrons. The highest BCUT2D eigenvalue weighted by Gasteiger charge is 2.16. The fourth-order valence-corrected chi connectivity index (χ4v) is 3.95. The first kappa shape index (κ1) is 23.4. The molecule has 0 aliphatic carbocycles. The normalized spacial score (nSPS) is 11.0. The molecule has 8 heteroatoms. The number of sulfonamides is 1. The van der Waals surface area contributed by atoms with Crippen molar-refractivity contribution in [2.24, 2.45) is 0 Å². The Morgan fingerprint density at radius 2 is 1.67 bits per heavy atom. The average Bonchev–Trinajstić information content (AvgIpc) is 2.73. The molecular weight excluding hydrogens is 404 g/mol. The van der Waals surface area contributed by atoms with E-state index in [2.05, 4.69) is 14.8 Å². The lowest BCUT2D eigenvalue weighted by atomic mass is 10.1. The summed E-state index contributed by atoms with van der Waals surface area (Å²) in [6.45, 7) is 4.25.